The van der Waals surface area contributed by atoms with Crippen molar-refractivity contribution >= 4 is 17.5 Å². The first-order valence-corrected chi connectivity index (χ1v) is 10.8. The molecule has 1 aliphatic carbocycles. The third-order valence-corrected chi connectivity index (χ3v) is 7.80. The first kappa shape index (κ1) is 19.9. The van der Waals surface area contributed by atoms with E-state index < -0.39 is 23.8 Å². The zero-order valence-electron chi connectivity index (χ0n) is 17.6. The maximum absolute atomic E-state index is 14.2. The Kier molecular flexibility index (Phi) is 3.84. The lowest BCUT2D eigenvalue weighted by molar-refractivity contribution is -0.182. The highest BCUT2D eigenvalue weighted by atomic mass is 19.4. The molecule has 32 heavy (non-hydrogen) atoms. The van der Waals surface area contributed by atoms with Crippen molar-refractivity contribution in [1.82, 2.24) is 9.55 Å². The van der Waals surface area contributed by atoms with Gasteiger partial charge in [-0.15, -0.1) is 0 Å². The van der Waals surface area contributed by atoms with Gasteiger partial charge < -0.3 is 20.3 Å². The minimum Gasteiger partial charge on any atom is -0.399 e. The Labute approximate surface area is 182 Å². The molecule has 2 N–H and O–H groups in total. The molecular weight excluding hydrogens is 423 g/mol. The average molecular weight is 447 g/mol. The van der Waals surface area contributed by atoms with Gasteiger partial charge >= 0.3 is 6.18 Å². The summed E-state index contributed by atoms with van der Waals surface area (Å²) in [4.78, 5) is 20.8. The molecule has 7 nitrogen and oxygen atoms in total. The van der Waals surface area contributed by atoms with E-state index in [0.717, 1.165) is 23.5 Å². The van der Waals surface area contributed by atoms with Gasteiger partial charge in [-0.05, 0) is 37.5 Å². The van der Waals surface area contributed by atoms with Crippen LogP contribution in [0.1, 0.15) is 18.9 Å². The van der Waals surface area contributed by atoms with Gasteiger partial charge in [0.15, 0.2) is 5.54 Å². The molecule has 4 atom stereocenters. The molecule has 0 bridgehead atoms. The number of nitrogens with zero attached hydrogens (tertiary/aromatic N) is 4. The van der Waals surface area contributed by atoms with E-state index in [2.05, 4.69) is 9.88 Å². The summed E-state index contributed by atoms with van der Waals surface area (Å²) >= 11 is 0. The van der Waals surface area contributed by atoms with E-state index in [1.807, 2.05) is 0 Å². The van der Waals surface area contributed by atoms with Gasteiger partial charge in [-0.3, -0.25) is 9.36 Å². The summed E-state index contributed by atoms with van der Waals surface area (Å²) < 4.78 is 49.6. The second-order valence-corrected chi connectivity index (χ2v) is 9.58. The predicted octanol–water partition coefficient (Wildman–Crippen LogP) is 2.19. The molecule has 0 amide bonds. The van der Waals surface area contributed by atoms with Gasteiger partial charge in [-0.2, -0.15) is 18.2 Å². The van der Waals surface area contributed by atoms with Crippen LogP contribution in [0.5, 0.6) is 0 Å². The van der Waals surface area contributed by atoms with Gasteiger partial charge in [0.05, 0.1) is 24.8 Å². The van der Waals surface area contributed by atoms with E-state index in [4.69, 9.17) is 10.5 Å². The van der Waals surface area contributed by atoms with Crippen molar-refractivity contribution in [2.24, 2.45) is 5.92 Å². The van der Waals surface area contributed by atoms with Crippen LogP contribution in [0.25, 0.3) is 0 Å². The number of hydrogen-bond donors (Lipinski definition) is 1. The van der Waals surface area contributed by atoms with Crippen molar-refractivity contribution in [2.75, 3.05) is 35.2 Å². The fourth-order valence-corrected chi connectivity index (χ4v) is 5.66. The van der Waals surface area contributed by atoms with E-state index in [1.54, 1.807) is 24.3 Å². The monoisotopic (exact) mass is 447 g/mol. The zero-order valence-corrected chi connectivity index (χ0v) is 17.6. The number of nitrogens with two attached hydrogens (primary N) is 1. The van der Waals surface area contributed by atoms with Crippen LogP contribution >= 0.6 is 0 Å². The van der Waals surface area contributed by atoms with Crippen LogP contribution in [0.15, 0.2) is 35.1 Å². The molecule has 4 aliphatic rings. The second-order valence-electron chi connectivity index (χ2n) is 9.58. The molecule has 1 spiro atoms. The quantitative estimate of drug-likeness (QED) is 0.725. The topological polar surface area (TPSA) is 76.6 Å². The van der Waals surface area contributed by atoms with Gasteiger partial charge in [-0.1, -0.05) is 12.1 Å². The molecule has 3 unspecified atom stereocenters. The highest BCUT2D eigenvalue weighted by Crippen LogP contribution is 2.63. The van der Waals surface area contributed by atoms with E-state index in [1.165, 1.54) is 11.0 Å². The fourth-order valence-electron chi connectivity index (χ4n) is 5.66. The van der Waals surface area contributed by atoms with E-state index in [-0.39, 0.29) is 24.1 Å². The molecule has 170 valence electrons. The fraction of sp³-hybridized carbons (Fsp3) is 0.545. The van der Waals surface area contributed by atoms with Gasteiger partial charge in [0, 0.05) is 30.8 Å². The second kappa shape index (κ2) is 6.18. The third-order valence-electron chi connectivity index (χ3n) is 7.80. The minimum absolute atomic E-state index is 0.0787. The van der Waals surface area contributed by atoms with Crippen LogP contribution < -0.4 is 21.1 Å². The maximum Gasteiger partial charge on any atom is 0.413 e. The number of halogens is 3. The highest BCUT2D eigenvalue weighted by Gasteiger charge is 2.74. The number of alkyl halides is 3. The normalized spacial score (nSPS) is 32.4. The molecule has 1 aromatic carbocycles. The summed E-state index contributed by atoms with van der Waals surface area (Å²) in [5, 5.41) is 0. The SMILES string of the molecule is C[C@@]1(C(F)(F)F)Cn2c(nc(N3CC4OCC5CC543)cc2=O)N1CCc1ccc(N)cc1. The molecule has 2 aromatic rings. The lowest BCUT2D eigenvalue weighted by Crippen LogP contribution is -2.63. The van der Waals surface area contributed by atoms with Crippen LogP contribution in [0.4, 0.5) is 30.6 Å². The molecule has 10 heteroatoms. The molecular formula is C22H24F3N5O2. The van der Waals surface area contributed by atoms with Gasteiger partial charge in [0.25, 0.3) is 5.56 Å². The summed E-state index contributed by atoms with van der Waals surface area (Å²) in [6, 6.07) is 8.45. The van der Waals surface area contributed by atoms with Crippen molar-refractivity contribution in [2.45, 2.75) is 49.7 Å². The van der Waals surface area contributed by atoms with Crippen molar-refractivity contribution in [1.29, 1.82) is 0 Å². The molecule has 4 heterocycles. The summed E-state index contributed by atoms with van der Waals surface area (Å²) in [5.41, 5.74) is 4.41. The van der Waals surface area contributed by atoms with E-state index in [9.17, 15) is 18.0 Å². The van der Waals surface area contributed by atoms with Crippen molar-refractivity contribution < 1.29 is 17.9 Å². The molecule has 3 fully saturated rings. The van der Waals surface area contributed by atoms with Crippen LogP contribution in [-0.4, -0.2) is 52.6 Å². The van der Waals surface area contributed by atoms with Crippen molar-refractivity contribution in [3.63, 3.8) is 0 Å². The van der Waals surface area contributed by atoms with Crippen LogP contribution in [0.3, 0.4) is 0 Å². The molecule has 0 radical (unpaired) electrons. The Morgan fingerprint density at radius 1 is 1.28 bits per heavy atom. The van der Waals surface area contributed by atoms with Gasteiger partial charge in [0.2, 0.25) is 5.95 Å². The highest BCUT2D eigenvalue weighted by molar-refractivity contribution is 5.58. The molecule has 1 saturated carbocycles. The first-order valence-electron chi connectivity index (χ1n) is 10.8. The number of fused-ring (bicyclic) bond motifs is 1. The minimum atomic E-state index is -4.53. The number of hydrogen-bond acceptors (Lipinski definition) is 6. The number of rotatable bonds is 4. The Morgan fingerprint density at radius 3 is 2.69 bits per heavy atom. The van der Waals surface area contributed by atoms with Crippen LogP contribution in [0.2, 0.25) is 0 Å². The lowest BCUT2D eigenvalue weighted by atomic mass is 9.95. The Balaban J connectivity index is 1.36. The van der Waals surface area contributed by atoms with Crippen LogP contribution in [-0.2, 0) is 17.7 Å². The zero-order chi connectivity index (χ0) is 22.5. The predicted molar refractivity (Wildman–Crippen MR) is 113 cm³/mol. The smallest absolute Gasteiger partial charge is 0.399 e. The molecule has 1 aromatic heterocycles. The van der Waals surface area contributed by atoms with Crippen molar-refractivity contribution in [3.8, 4) is 0 Å². The lowest BCUT2D eigenvalue weighted by Gasteiger charge is -2.47. The first-order chi connectivity index (χ1) is 15.1. The van der Waals surface area contributed by atoms with E-state index >= 15 is 0 Å². The Morgan fingerprint density at radius 2 is 2.03 bits per heavy atom. The number of ether oxygens (including phenoxy) is 1. The van der Waals surface area contributed by atoms with Gasteiger partial charge in [-0.25, -0.2) is 0 Å². The number of nitrogen functional groups attached to an aromatic ring is 1. The third kappa shape index (κ3) is 2.52. The number of benzene rings is 1. The molecule has 3 aliphatic heterocycles. The Hall–Kier alpha value is -2.75. The summed E-state index contributed by atoms with van der Waals surface area (Å²) in [6.07, 6.45) is -3.04. The molecule has 6 rings (SSSR count). The summed E-state index contributed by atoms with van der Waals surface area (Å²) in [5.74, 6) is 0.953. The standard InChI is InChI=1S/C22H24F3N5O2/c1-20(22(23,24)25)12-28-18(31)8-17(30-10-16-21(30)9-14(21)11-32-16)27-19(28)29(20)7-6-13-2-4-15(26)5-3-13/h2-5,8,14,16H,6-7,9-12,26H2,1H3/t14?,16?,20-,21?/m0/s1. The largest absolute Gasteiger partial charge is 0.413 e. The Bertz CT molecular complexity index is 1150. The average Bonchev–Trinajstić information content (AvgIpc) is 3.32. The maximum atomic E-state index is 14.2. The van der Waals surface area contributed by atoms with E-state index in [0.29, 0.717) is 37.0 Å². The molecule has 2 saturated heterocycles. The van der Waals surface area contributed by atoms with Crippen molar-refractivity contribution in [3.05, 3.63) is 46.2 Å². The number of anilines is 3. The summed E-state index contributed by atoms with van der Waals surface area (Å²) in [7, 11) is 0. The number of aromatic nitrogens is 2. The van der Waals surface area contributed by atoms with Crippen LogP contribution in [0, 0.1) is 5.92 Å². The van der Waals surface area contributed by atoms with Gasteiger partial charge in [0.1, 0.15) is 5.82 Å². The summed E-state index contributed by atoms with van der Waals surface area (Å²) in [6.45, 7) is 2.07.